The third kappa shape index (κ3) is 4.67. The quantitative estimate of drug-likeness (QED) is 0.407. The number of rotatable bonds is 5. The molecule has 3 aromatic rings. The number of nitrogens with zero attached hydrogens (tertiary/aromatic N) is 1. The molecule has 0 radical (unpaired) electrons. The molecule has 3 aromatic carbocycles. The zero-order valence-corrected chi connectivity index (χ0v) is 18.2. The maximum Gasteiger partial charge on any atom is 0.238 e. The molecule has 4 rings (SSSR count). The molecule has 1 heterocycles. The molecule has 0 saturated carbocycles. The Bertz CT molecular complexity index is 1030. The predicted octanol–water partition coefficient (Wildman–Crippen LogP) is 7.00. The van der Waals surface area contributed by atoms with Gasteiger partial charge in [0, 0.05) is 26.3 Å². The average molecular weight is 465 g/mol. The van der Waals surface area contributed by atoms with Gasteiger partial charge in [-0.15, -0.1) is 11.8 Å². The SMILES string of the molecule is O=C1CS[C@@H](c2cc(Cl)ccc2OCc2ccc(Cl)cc2)N1c1ccc(Cl)cc1. The molecular weight excluding hydrogens is 449 g/mol. The monoisotopic (exact) mass is 463 g/mol. The van der Waals surface area contributed by atoms with Crippen LogP contribution in [0.5, 0.6) is 5.75 Å². The van der Waals surface area contributed by atoms with Gasteiger partial charge in [-0.3, -0.25) is 9.69 Å². The van der Waals surface area contributed by atoms with Crippen molar-refractivity contribution in [3.8, 4) is 5.75 Å². The van der Waals surface area contributed by atoms with Gasteiger partial charge in [-0.1, -0.05) is 46.9 Å². The van der Waals surface area contributed by atoms with E-state index in [1.807, 2.05) is 48.5 Å². The number of hydrogen-bond donors (Lipinski definition) is 0. The number of anilines is 1. The first-order valence-corrected chi connectivity index (χ1v) is 11.1. The lowest BCUT2D eigenvalue weighted by atomic mass is 10.1. The Labute approximate surface area is 188 Å². The summed E-state index contributed by atoms with van der Waals surface area (Å²) >= 11 is 19.8. The Hall–Kier alpha value is -1.85. The van der Waals surface area contributed by atoms with Crippen LogP contribution in [0.4, 0.5) is 5.69 Å². The van der Waals surface area contributed by atoms with Gasteiger partial charge in [-0.05, 0) is 60.2 Å². The maximum atomic E-state index is 12.6. The number of amides is 1. The molecule has 1 aliphatic rings. The zero-order chi connectivity index (χ0) is 20.4. The molecule has 0 aromatic heterocycles. The second-order valence-electron chi connectivity index (χ2n) is 6.50. The van der Waals surface area contributed by atoms with E-state index in [1.54, 1.807) is 34.9 Å². The normalized spacial score (nSPS) is 16.3. The average Bonchev–Trinajstić information content (AvgIpc) is 3.10. The van der Waals surface area contributed by atoms with Crippen LogP contribution in [0.15, 0.2) is 66.7 Å². The van der Waals surface area contributed by atoms with Crippen molar-refractivity contribution in [3.63, 3.8) is 0 Å². The molecule has 0 aliphatic carbocycles. The molecule has 29 heavy (non-hydrogen) atoms. The molecule has 1 saturated heterocycles. The van der Waals surface area contributed by atoms with E-state index in [9.17, 15) is 4.79 Å². The Morgan fingerprint density at radius 1 is 0.897 bits per heavy atom. The van der Waals surface area contributed by atoms with Gasteiger partial charge in [0.05, 0.1) is 5.75 Å². The van der Waals surface area contributed by atoms with E-state index >= 15 is 0 Å². The third-order valence-corrected chi connectivity index (χ3v) is 6.45. The van der Waals surface area contributed by atoms with E-state index in [-0.39, 0.29) is 11.3 Å². The molecule has 1 atom stereocenters. The van der Waals surface area contributed by atoms with Crippen LogP contribution < -0.4 is 9.64 Å². The van der Waals surface area contributed by atoms with Crippen molar-refractivity contribution < 1.29 is 9.53 Å². The van der Waals surface area contributed by atoms with Gasteiger partial charge >= 0.3 is 0 Å². The van der Waals surface area contributed by atoms with Gasteiger partial charge < -0.3 is 4.74 Å². The second kappa shape index (κ2) is 8.88. The van der Waals surface area contributed by atoms with E-state index in [2.05, 4.69) is 0 Å². The Kier molecular flexibility index (Phi) is 6.26. The summed E-state index contributed by atoms with van der Waals surface area (Å²) in [6, 6.07) is 20.2. The number of hydrogen-bond acceptors (Lipinski definition) is 3. The fourth-order valence-electron chi connectivity index (χ4n) is 3.12. The number of benzene rings is 3. The highest BCUT2D eigenvalue weighted by molar-refractivity contribution is 8.00. The molecule has 7 heteroatoms. The van der Waals surface area contributed by atoms with E-state index in [0.717, 1.165) is 16.8 Å². The van der Waals surface area contributed by atoms with Crippen molar-refractivity contribution in [2.45, 2.75) is 12.0 Å². The van der Waals surface area contributed by atoms with Crippen molar-refractivity contribution in [1.82, 2.24) is 0 Å². The van der Waals surface area contributed by atoms with Crippen LogP contribution >= 0.6 is 46.6 Å². The summed E-state index contributed by atoms with van der Waals surface area (Å²) < 4.78 is 6.09. The molecule has 0 N–H and O–H groups in total. The largest absolute Gasteiger partial charge is 0.489 e. The summed E-state index contributed by atoms with van der Waals surface area (Å²) in [4.78, 5) is 14.4. The summed E-state index contributed by atoms with van der Waals surface area (Å²) in [7, 11) is 0. The minimum absolute atomic E-state index is 0.0333. The summed E-state index contributed by atoms with van der Waals surface area (Å²) in [6.45, 7) is 0.387. The highest BCUT2D eigenvalue weighted by Gasteiger charge is 2.36. The van der Waals surface area contributed by atoms with Crippen molar-refractivity contribution in [2.24, 2.45) is 0 Å². The number of carbonyl (C=O) groups excluding carboxylic acids is 1. The smallest absolute Gasteiger partial charge is 0.238 e. The molecule has 0 spiro atoms. The maximum absolute atomic E-state index is 12.6. The van der Waals surface area contributed by atoms with Gasteiger partial charge in [0.2, 0.25) is 5.91 Å². The molecular formula is C22H16Cl3NO2S. The van der Waals surface area contributed by atoms with Crippen LogP contribution in [-0.4, -0.2) is 11.7 Å². The molecule has 1 aliphatic heterocycles. The molecule has 1 fully saturated rings. The topological polar surface area (TPSA) is 29.5 Å². The minimum atomic E-state index is -0.234. The van der Waals surface area contributed by atoms with Gasteiger partial charge in [-0.25, -0.2) is 0 Å². The van der Waals surface area contributed by atoms with Crippen LogP contribution in [0.1, 0.15) is 16.5 Å². The highest BCUT2D eigenvalue weighted by Crippen LogP contribution is 2.45. The Balaban J connectivity index is 1.64. The summed E-state index contributed by atoms with van der Waals surface area (Å²) in [5.41, 5.74) is 2.65. The summed E-state index contributed by atoms with van der Waals surface area (Å²) in [5.74, 6) is 1.11. The zero-order valence-electron chi connectivity index (χ0n) is 15.1. The number of thioether (sulfide) groups is 1. The number of carbonyl (C=O) groups is 1. The number of ether oxygens (including phenoxy) is 1. The second-order valence-corrected chi connectivity index (χ2v) is 8.88. The fourth-order valence-corrected chi connectivity index (χ4v) is 4.74. The fraction of sp³-hybridized carbons (Fsp3) is 0.136. The molecule has 0 unspecified atom stereocenters. The lowest BCUT2D eigenvalue weighted by Crippen LogP contribution is -2.28. The molecule has 0 bridgehead atoms. The standard InChI is InChI=1S/C22H16Cl3NO2S/c23-15-3-1-14(2-4-15)12-28-20-10-7-17(25)11-19(20)22-26(21(27)13-29-22)18-8-5-16(24)6-9-18/h1-11,22H,12-13H2/t22-/m0/s1. The summed E-state index contributed by atoms with van der Waals surface area (Å²) in [5, 5.41) is 1.66. The van der Waals surface area contributed by atoms with Crippen molar-refractivity contribution in [1.29, 1.82) is 0 Å². The highest BCUT2D eigenvalue weighted by atomic mass is 35.5. The Morgan fingerprint density at radius 3 is 2.21 bits per heavy atom. The third-order valence-electron chi connectivity index (χ3n) is 4.52. The van der Waals surface area contributed by atoms with Crippen LogP contribution in [0.25, 0.3) is 0 Å². The van der Waals surface area contributed by atoms with Crippen LogP contribution in [0, 0.1) is 0 Å². The van der Waals surface area contributed by atoms with Crippen molar-refractivity contribution in [2.75, 3.05) is 10.7 Å². The lowest BCUT2D eigenvalue weighted by Gasteiger charge is -2.26. The van der Waals surface area contributed by atoms with E-state index < -0.39 is 0 Å². The Morgan fingerprint density at radius 2 is 1.52 bits per heavy atom. The first-order valence-electron chi connectivity index (χ1n) is 8.87. The van der Waals surface area contributed by atoms with E-state index in [4.69, 9.17) is 39.5 Å². The van der Waals surface area contributed by atoms with Gasteiger partial charge in [0.25, 0.3) is 0 Å². The van der Waals surface area contributed by atoms with Crippen molar-refractivity contribution in [3.05, 3.63) is 92.9 Å². The lowest BCUT2D eigenvalue weighted by molar-refractivity contribution is -0.115. The van der Waals surface area contributed by atoms with Crippen LogP contribution in [0.2, 0.25) is 15.1 Å². The molecule has 1 amide bonds. The van der Waals surface area contributed by atoms with Gasteiger partial charge in [0.1, 0.15) is 17.7 Å². The van der Waals surface area contributed by atoms with E-state index in [0.29, 0.717) is 33.2 Å². The van der Waals surface area contributed by atoms with Crippen LogP contribution in [0.3, 0.4) is 0 Å². The molecule has 148 valence electrons. The first-order chi connectivity index (χ1) is 14.0. The van der Waals surface area contributed by atoms with Crippen LogP contribution in [-0.2, 0) is 11.4 Å². The van der Waals surface area contributed by atoms with Gasteiger partial charge in [0.15, 0.2) is 0 Å². The van der Waals surface area contributed by atoms with E-state index in [1.165, 1.54) is 0 Å². The number of halogens is 3. The van der Waals surface area contributed by atoms with Crippen molar-refractivity contribution >= 4 is 58.2 Å². The van der Waals surface area contributed by atoms with Gasteiger partial charge in [-0.2, -0.15) is 0 Å². The predicted molar refractivity (Wildman–Crippen MR) is 121 cm³/mol. The first kappa shape index (κ1) is 20.4. The minimum Gasteiger partial charge on any atom is -0.489 e. The summed E-state index contributed by atoms with van der Waals surface area (Å²) in [6.07, 6.45) is 0. The molecule has 3 nitrogen and oxygen atoms in total.